The molecule has 8 nitrogen and oxygen atoms in total. The monoisotopic (exact) mass is 286 g/mol. The van der Waals surface area contributed by atoms with Crippen LogP contribution in [0.25, 0.3) is 22.4 Å². The van der Waals surface area contributed by atoms with Crippen LogP contribution in [-0.4, -0.2) is 44.8 Å². The van der Waals surface area contributed by atoms with Gasteiger partial charge in [0.1, 0.15) is 5.52 Å². The van der Waals surface area contributed by atoms with Crippen LogP contribution >= 0.6 is 0 Å². The van der Waals surface area contributed by atoms with Gasteiger partial charge < -0.3 is 9.47 Å². The Morgan fingerprint density at radius 1 is 1.05 bits per heavy atom. The molecule has 108 valence electrons. The van der Waals surface area contributed by atoms with E-state index in [0.717, 1.165) is 16.7 Å². The third-order valence-corrected chi connectivity index (χ3v) is 3.37. The van der Waals surface area contributed by atoms with Gasteiger partial charge >= 0.3 is 0 Å². The van der Waals surface area contributed by atoms with Crippen molar-refractivity contribution in [1.82, 2.24) is 30.6 Å². The molecular weight excluding hydrogens is 272 g/mol. The van der Waals surface area contributed by atoms with E-state index in [-0.39, 0.29) is 0 Å². The summed E-state index contributed by atoms with van der Waals surface area (Å²) in [5.74, 6) is 1.13. The summed E-state index contributed by atoms with van der Waals surface area (Å²) in [6, 6.07) is 1.95. The SMILES string of the molecule is COc1nc2cc(C)c(C)c(-c3nn[nH]n3)c2nc1OC. The molecule has 2 aromatic heterocycles. The number of tetrazole rings is 1. The minimum atomic E-state index is 0.318. The number of fused-ring (bicyclic) bond motifs is 1. The first-order chi connectivity index (χ1) is 10.2. The van der Waals surface area contributed by atoms with Gasteiger partial charge in [-0.05, 0) is 36.3 Å². The Bertz CT molecular complexity index is 800. The highest BCUT2D eigenvalue weighted by atomic mass is 16.5. The van der Waals surface area contributed by atoms with E-state index in [9.17, 15) is 0 Å². The minimum absolute atomic E-state index is 0.318. The molecule has 0 bridgehead atoms. The van der Waals surface area contributed by atoms with Crippen LogP contribution in [0, 0.1) is 13.8 Å². The molecule has 3 aromatic rings. The van der Waals surface area contributed by atoms with E-state index < -0.39 is 0 Å². The van der Waals surface area contributed by atoms with E-state index in [4.69, 9.17) is 9.47 Å². The Balaban J connectivity index is 2.41. The van der Waals surface area contributed by atoms with Crippen molar-refractivity contribution < 1.29 is 9.47 Å². The fourth-order valence-electron chi connectivity index (χ4n) is 2.20. The topological polar surface area (TPSA) is 98.7 Å². The van der Waals surface area contributed by atoms with Crippen molar-refractivity contribution in [3.05, 3.63) is 17.2 Å². The van der Waals surface area contributed by atoms with Gasteiger partial charge in [-0.3, -0.25) is 0 Å². The zero-order chi connectivity index (χ0) is 15.0. The predicted molar refractivity (Wildman–Crippen MR) is 75.3 cm³/mol. The average molecular weight is 286 g/mol. The van der Waals surface area contributed by atoms with Crippen LogP contribution in [0.3, 0.4) is 0 Å². The van der Waals surface area contributed by atoms with Gasteiger partial charge in [0, 0.05) is 0 Å². The zero-order valence-electron chi connectivity index (χ0n) is 12.1. The van der Waals surface area contributed by atoms with Gasteiger partial charge in [0.15, 0.2) is 0 Å². The normalized spacial score (nSPS) is 10.9. The summed E-state index contributed by atoms with van der Waals surface area (Å²) >= 11 is 0. The molecule has 1 N–H and O–H groups in total. The van der Waals surface area contributed by atoms with Crippen molar-refractivity contribution in [1.29, 1.82) is 0 Å². The third kappa shape index (κ3) is 2.04. The van der Waals surface area contributed by atoms with Crippen molar-refractivity contribution >= 4 is 11.0 Å². The van der Waals surface area contributed by atoms with Crippen LogP contribution in [0.2, 0.25) is 0 Å². The summed E-state index contributed by atoms with van der Waals surface area (Å²) in [6.07, 6.45) is 0. The zero-order valence-corrected chi connectivity index (χ0v) is 12.1. The van der Waals surface area contributed by atoms with Crippen LogP contribution in [0.5, 0.6) is 11.8 Å². The fraction of sp³-hybridized carbons (Fsp3) is 0.308. The number of H-pyrrole nitrogens is 1. The Hall–Kier alpha value is -2.77. The summed E-state index contributed by atoms with van der Waals surface area (Å²) in [6.45, 7) is 3.98. The number of rotatable bonds is 3. The highest BCUT2D eigenvalue weighted by molar-refractivity contribution is 5.93. The van der Waals surface area contributed by atoms with Crippen molar-refractivity contribution in [3.63, 3.8) is 0 Å². The number of aromatic amines is 1. The van der Waals surface area contributed by atoms with E-state index in [0.29, 0.717) is 28.6 Å². The summed E-state index contributed by atoms with van der Waals surface area (Å²) in [7, 11) is 3.05. The molecule has 0 saturated heterocycles. The maximum atomic E-state index is 5.22. The van der Waals surface area contributed by atoms with E-state index >= 15 is 0 Å². The van der Waals surface area contributed by atoms with Gasteiger partial charge in [0.05, 0.1) is 25.3 Å². The maximum Gasteiger partial charge on any atom is 0.278 e. The molecule has 0 aliphatic heterocycles. The quantitative estimate of drug-likeness (QED) is 0.777. The summed E-state index contributed by atoms with van der Waals surface area (Å²) in [4.78, 5) is 8.93. The van der Waals surface area contributed by atoms with Crippen LogP contribution in [0.1, 0.15) is 11.1 Å². The molecule has 3 rings (SSSR count). The van der Waals surface area contributed by atoms with E-state index in [2.05, 4.69) is 30.6 Å². The molecule has 1 aromatic carbocycles. The number of ether oxygens (including phenoxy) is 2. The van der Waals surface area contributed by atoms with Gasteiger partial charge in [0.2, 0.25) is 5.82 Å². The van der Waals surface area contributed by atoms with Crippen LogP contribution in [-0.2, 0) is 0 Å². The van der Waals surface area contributed by atoms with Crippen LogP contribution in [0.15, 0.2) is 6.07 Å². The summed E-state index contributed by atoms with van der Waals surface area (Å²) in [5, 5.41) is 14.2. The predicted octanol–water partition coefficient (Wildman–Crippen LogP) is 1.44. The summed E-state index contributed by atoms with van der Waals surface area (Å²) in [5.41, 5.74) is 4.20. The van der Waals surface area contributed by atoms with Crippen molar-refractivity contribution in [2.75, 3.05) is 14.2 Å². The fourth-order valence-corrected chi connectivity index (χ4v) is 2.20. The Kier molecular flexibility index (Phi) is 3.13. The largest absolute Gasteiger partial charge is 0.477 e. The van der Waals surface area contributed by atoms with Gasteiger partial charge in [-0.15, -0.1) is 10.2 Å². The van der Waals surface area contributed by atoms with Crippen molar-refractivity contribution in [2.45, 2.75) is 13.8 Å². The van der Waals surface area contributed by atoms with E-state index in [1.807, 2.05) is 19.9 Å². The number of benzene rings is 1. The van der Waals surface area contributed by atoms with Crippen LogP contribution in [0.4, 0.5) is 0 Å². The number of hydrogen-bond donors (Lipinski definition) is 1. The smallest absolute Gasteiger partial charge is 0.278 e. The molecule has 0 aliphatic rings. The molecule has 0 amide bonds. The lowest BCUT2D eigenvalue weighted by atomic mass is 10.0. The molecule has 0 saturated carbocycles. The van der Waals surface area contributed by atoms with Gasteiger partial charge in [-0.2, -0.15) is 5.21 Å². The van der Waals surface area contributed by atoms with Gasteiger partial charge in [0.25, 0.3) is 11.8 Å². The number of aromatic nitrogens is 6. The lowest BCUT2D eigenvalue weighted by molar-refractivity contribution is 0.334. The van der Waals surface area contributed by atoms with Gasteiger partial charge in [-0.25, -0.2) is 9.97 Å². The highest BCUT2D eigenvalue weighted by Gasteiger charge is 2.19. The lowest BCUT2D eigenvalue weighted by Crippen LogP contribution is -2.01. The minimum Gasteiger partial charge on any atom is -0.477 e. The second-order valence-electron chi connectivity index (χ2n) is 4.54. The molecule has 21 heavy (non-hydrogen) atoms. The molecule has 0 aliphatic carbocycles. The first-order valence-electron chi connectivity index (χ1n) is 6.29. The van der Waals surface area contributed by atoms with E-state index in [1.165, 1.54) is 14.2 Å². The van der Waals surface area contributed by atoms with Crippen LogP contribution < -0.4 is 9.47 Å². The number of nitrogens with zero attached hydrogens (tertiary/aromatic N) is 5. The molecular formula is C13H14N6O2. The molecule has 2 heterocycles. The third-order valence-electron chi connectivity index (χ3n) is 3.37. The van der Waals surface area contributed by atoms with Crippen molar-refractivity contribution in [2.24, 2.45) is 0 Å². The standard InChI is InChI=1S/C13H14N6O2/c1-6-5-8-10(15-13(21-4)12(14-8)20-3)9(7(6)2)11-16-18-19-17-11/h5H,1-4H3,(H,16,17,18,19). The first kappa shape index (κ1) is 13.2. The first-order valence-corrected chi connectivity index (χ1v) is 6.29. The van der Waals surface area contributed by atoms with E-state index in [1.54, 1.807) is 0 Å². The average Bonchev–Trinajstić information content (AvgIpc) is 3.01. The second kappa shape index (κ2) is 4.97. The molecule has 8 heteroatoms. The number of aryl methyl sites for hydroxylation is 1. The second-order valence-corrected chi connectivity index (χ2v) is 4.54. The molecule has 0 fully saturated rings. The Morgan fingerprint density at radius 2 is 1.76 bits per heavy atom. The maximum absolute atomic E-state index is 5.22. The Labute approximate surface area is 120 Å². The Morgan fingerprint density at radius 3 is 2.38 bits per heavy atom. The lowest BCUT2D eigenvalue weighted by Gasteiger charge is -2.12. The summed E-state index contributed by atoms with van der Waals surface area (Å²) < 4.78 is 10.4. The molecule has 0 atom stereocenters. The van der Waals surface area contributed by atoms with Crippen molar-refractivity contribution in [3.8, 4) is 23.1 Å². The number of methoxy groups -OCH3 is 2. The molecule has 0 spiro atoms. The number of hydrogen-bond acceptors (Lipinski definition) is 7. The van der Waals surface area contributed by atoms with Gasteiger partial charge in [-0.1, -0.05) is 0 Å². The molecule has 0 radical (unpaired) electrons. The number of nitrogens with one attached hydrogen (secondary N) is 1. The molecule has 0 unspecified atom stereocenters. The highest BCUT2D eigenvalue weighted by Crippen LogP contribution is 2.33.